The summed E-state index contributed by atoms with van der Waals surface area (Å²) in [5, 5.41) is 15.5. The van der Waals surface area contributed by atoms with Gasteiger partial charge < -0.3 is 16.3 Å². The lowest BCUT2D eigenvalue weighted by Crippen LogP contribution is -2.44. The summed E-state index contributed by atoms with van der Waals surface area (Å²) in [4.78, 5) is 0. The summed E-state index contributed by atoms with van der Waals surface area (Å²) in [5.41, 5.74) is 6.88. The number of amidine groups is 1. The molecule has 1 aromatic rings. The van der Waals surface area contributed by atoms with Crippen LogP contribution in [0, 0.1) is 0 Å². The van der Waals surface area contributed by atoms with Crippen molar-refractivity contribution in [3.63, 3.8) is 0 Å². The van der Waals surface area contributed by atoms with E-state index >= 15 is 0 Å². The quantitative estimate of drug-likeness (QED) is 0.306. The van der Waals surface area contributed by atoms with Gasteiger partial charge in [0.2, 0.25) is 0 Å². The van der Waals surface area contributed by atoms with Gasteiger partial charge in [-0.25, -0.2) is 0 Å². The van der Waals surface area contributed by atoms with Crippen LogP contribution in [0.2, 0.25) is 0 Å². The summed E-state index contributed by atoms with van der Waals surface area (Å²) in [6, 6.07) is 10.2. The van der Waals surface area contributed by atoms with Gasteiger partial charge in [-0.05, 0) is 25.3 Å². The number of rotatable bonds is 7. The van der Waals surface area contributed by atoms with Crippen molar-refractivity contribution in [1.29, 1.82) is 0 Å². The van der Waals surface area contributed by atoms with Crippen molar-refractivity contribution < 1.29 is 5.21 Å². The molecule has 1 unspecified atom stereocenters. The Morgan fingerprint density at radius 2 is 1.89 bits per heavy atom. The van der Waals surface area contributed by atoms with E-state index in [1.165, 1.54) is 0 Å². The van der Waals surface area contributed by atoms with E-state index in [-0.39, 0.29) is 17.4 Å². The molecule has 0 saturated heterocycles. The average molecular weight is 263 g/mol. The van der Waals surface area contributed by atoms with E-state index in [0.717, 1.165) is 18.4 Å². The van der Waals surface area contributed by atoms with Gasteiger partial charge in [-0.1, -0.05) is 49.3 Å². The molecule has 0 saturated carbocycles. The van der Waals surface area contributed by atoms with E-state index in [1.54, 1.807) is 0 Å². The first-order chi connectivity index (χ1) is 9.04. The van der Waals surface area contributed by atoms with E-state index in [9.17, 15) is 0 Å². The molecule has 19 heavy (non-hydrogen) atoms. The molecule has 0 amide bonds. The van der Waals surface area contributed by atoms with E-state index < -0.39 is 0 Å². The van der Waals surface area contributed by atoms with Crippen molar-refractivity contribution in [1.82, 2.24) is 5.32 Å². The molecule has 1 atom stereocenters. The lowest BCUT2D eigenvalue weighted by Gasteiger charge is -2.34. The van der Waals surface area contributed by atoms with Gasteiger partial charge in [-0.2, -0.15) is 0 Å². The minimum Gasteiger partial charge on any atom is -0.409 e. The van der Waals surface area contributed by atoms with Crippen LogP contribution in [-0.2, 0) is 0 Å². The van der Waals surface area contributed by atoms with Gasteiger partial charge in [-0.15, -0.1) is 0 Å². The summed E-state index contributed by atoms with van der Waals surface area (Å²) in [6.45, 7) is 6.54. The molecule has 0 spiro atoms. The Kier molecular flexibility index (Phi) is 5.83. The van der Waals surface area contributed by atoms with Gasteiger partial charge >= 0.3 is 0 Å². The number of nitrogens with zero attached hydrogens (tertiary/aromatic N) is 1. The molecule has 1 aromatic carbocycles. The number of hydrogen-bond donors (Lipinski definition) is 3. The van der Waals surface area contributed by atoms with Crippen LogP contribution in [-0.4, -0.2) is 16.6 Å². The standard InChI is InChI=1S/C15H25N3O/c1-4-15(3,5-2)17-13(11-14(16)18-19)12-9-7-6-8-10-12/h6-10,13,17,19H,4-5,11H2,1-3H3,(H2,16,18). The van der Waals surface area contributed by atoms with Crippen molar-refractivity contribution in [2.24, 2.45) is 10.9 Å². The summed E-state index contributed by atoms with van der Waals surface area (Å²) in [5.74, 6) is 0.246. The van der Waals surface area contributed by atoms with Gasteiger partial charge in [-0.3, -0.25) is 0 Å². The zero-order valence-corrected chi connectivity index (χ0v) is 12.1. The van der Waals surface area contributed by atoms with Crippen LogP contribution in [0.5, 0.6) is 0 Å². The average Bonchev–Trinajstić information content (AvgIpc) is 2.47. The molecule has 0 heterocycles. The molecule has 0 radical (unpaired) electrons. The molecule has 0 fully saturated rings. The fourth-order valence-corrected chi connectivity index (χ4v) is 2.06. The topological polar surface area (TPSA) is 70.6 Å². The second kappa shape index (κ2) is 7.14. The van der Waals surface area contributed by atoms with Crippen molar-refractivity contribution in [2.45, 2.75) is 51.6 Å². The molecular weight excluding hydrogens is 238 g/mol. The maximum atomic E-state index is 8.78. The molecule has 1 rings (SSSR count). The molecule has 0 aliphatic rings. The van der Waals surface area contributed by atoms with Gasteiger partial charge in [0.15, 0.2) is 0 Å². The van der Waals surface area contributed by atoms with Crippen LogP contribution in [0.1, 0.15) is 51.6 Å². The molecule has 0 aromatic heterocycles. The van der Waals surface area contributed by atoms with Crippen LogP contribution in [0.3, 0.4) is 0 Å². The highest BCUT2D eigenvalue weighted by atomic mass is 16.4. The first-order valence-electron chi connectivity index (χ1n) is 6.83. The second-order valence-electron chi connectivity index (χ2n) is 5.17. The van der Waals surface area contributed by atoms with Crippen LogP contribution in [0.4, 0.5) is 0 Å². The zero-order valence-electron chi connectivity index (χ0n) is 12.1. The van der Waals surface area contributed by atoms with Crippen LogP contribution in [0.25, 0.3) is 0 Å². The Balaban J connectivity index is 2.93. The third-order valence-electron chi connectivity index (χ3n) is 3.83. The minimum absolute atomic E-state index is 0.0518. The second-order valence-corrected chi connectivity index (χ2v) is 5.17. The Morgan fingerprint density at radius 3 is 2.37 bits per heavy atom. The normalized spacial score (nSPS) is 14.4. The van der Waals surface area contributed by atoms with Crippen LogP contribution >= 0.6 is 0 Å². The number of benzene rings is 1. The first kappa shape index (κ1) is 15.5. The maximum absolute atomic E-state index is 8.78. The first-order valence-corrected chi connectivity index (χ1v) is 6.83. The fraction of sp³-hybridized carbons (Fsp3) is 0.533. The highest BCUT2D eigenvalue weighted by Crippen LogP contribution is 2.24. The highest BCUT2D eigenvalue weighted by Gasteiger charge is 2.25. The number of oxime groups is 1. The Bertz CT molecular complexity index is 399. The van der Waals surface area contributed by atoms with Crippen molar-refractivity contribution >= 4 is 5.84 Å². The number of hydrogen-bond acceptors (Lipinski definition) is 3. The Hall–Kier alpha value is -1.55. The van der Waals surface area contributed by atoms with Crippen LogP contribution in [0.15, 0.2) is 35.5 Å². The molecule has 106 valence electrons. The summed E-state index contributed by atoms with van der Waals surface area (Å²) < 4.78 is 0. The minimum atomic E-state index is 0.0518. The van der Waals surface area contributed by atoms with Gasteiger partial charge in [0, 0.05) is 18.0 Å². The molecule has 4 heteroatoms. The van der Waals surface area contributed by atoms with Crippen LogP contribution < -0.4 is 11.1 Å². The summed E-state index contributed by atoms with van der Waals surface area (Å²) >= 11 is 0. The smallest absolute Gasteiger partial charge is 0.141 e. The Labute approximate surface area is 115 Å². The lowest BCUT2D eigenvalue weighted by molar-refractivity contribution is 0.287. The van der Waals surface area contributed by atoms with E-state index in [4.69, 9.17) is 10.9 Å². The summed E-state index contributed by atoms with van der Waals surface area (Å²) in [7, 11) is 0. The SMILES string of the molecule is CCC(C)(CC)NC(C/C(N)=N/O)c1ccccc1. The third-order valence-corrected chi connectivity index (χ3v) is 3.83. The van der Waals surface area contributed by atoms with E-state index in [2.05, 4.69) is 43.4 Å². The third kappa shape index (κ3) is 4.56. The van der Waals surface area contributed by atoms with Crippen molar-refractivity contribution in [3.8, 4) is 0 Å². The molecule has 4 N–H and O–H groups in total. The van der Waals surface area contributed by atoms with Gasteiger partial charge in [0.1, 0.15) is 5.84 Å². The van der Waals surface area contributed by atoms with Gasteiger partial charge in [0.05, 0.1) is 0 Å². The maximum Gasteiger partial charge on any atom is 0.141 e. The van der Waals surface area contributed by atoms with E-state index in [1.807, 2.05) is 18.2 Å². The van der Waals surface area contributed by atoms with E-state index in [0.29, 0.717) is 6.42 Å². The molecule has 4 nitrogen and oxygen atoms in total. The van der Waals surface area contributed by atoms with Crippen molar-refractivity contribution in [2.75, 3.05) is 0 Å². The monoisotopic (exact) mass is 263 g/mol. The number of nitrogens with one attached hydrogen (secondary N) is 1. The predicted molar refractivity (Wildman–Crippen MR) is 79.3 cm³/mol. The molecular formula is C15H25N3O. The predicted octanol–water partition coefficient (Wildman–Crippen LogP) is 3.03. The fourth-order valence-electron chi connectivity index (χ4n) is 2.06. The molecule has 0 bridgehead atoms. The summed E-state index contributed by atoms with van der Waals surface area (Å²) in [6.07, 6.45) is 2.56. The highest BCUT2D eigenvalue weighted by molar-refractivity contribution is 5.80. The molecule has 0 aliphatic heterocycles. The zero-order chi connectivity index (χ0) is 14.3. The number of nitrogens with two attached hydrogens (primary N) is 1. The molecule has 0 aliphatic carbocycles. The largest absolute Gasteiger partial charge is 0.409 e. The lowest BCUT2D eigenvalue weighted by atomic mass is 9.91. The van der Waals surface area contributed by atoms with Gasteiger partial charge in [0.25, 0.3) is 0 Å². The Morgan fingerprint density at radius 1 is 1.32 bits per heavy atom. The van der Waals surface area contributed by atoms with Crippen molar-refractivity contribution in [3.05, 3.63) is 35.9 Å².